The number of thiophene rings is 1. The number of rotatable bonds is 7. The Morgan fingerprint density at radius 3 is 2.74 bits per heavy atom. The van der Waals surface area contributed by atoms with E-state index in [0.29, 0.717) is 25.3 Å². The molecule has 0 saturated carbocycles. The minimum Gasteiger partial charge on any atom is -0.497 e. The van der Waals surface area contributed by atoms with Gasteiger partial charge in [-0.3, -0.25) is 14.2 Å². The number of carbonyl (C=O) groups excluding carboxylic acids is 1. The van der Waals surface area contributed by atoms with Gasteiger partial charge in [0.05, 0.1) is 19.6 Å². The maximum Gasteiger partial charge on any atom is 0.305 e. The van der Waals surface area contributed by atoms with Crippen molar-refractivity contribution in [3.8, 4) is 5.75 Å². The Balaban J connectivity index is 1.75. The van der Waals surface area contributed by atoms with Crippen LogP contribution in [0, 0.1) is 5.92 Å². The molecule has 3 aromatic rings. The van der Waals surface area contributed by atoms with Gasteiger partial charge >= 0.3 is 5.97 Å². The third-order valence-electron chi connectivity index (χ3n) is 6.01. The lowest BCUT2D eigenvalue weighted by Crippen LogP contribution is -2.26. The first-order valence-corrected chi connectivity index (χ1v) is 11.6. The third-order valence-corrected chi connectivity index (χ3v) is 7.15. The molecule has 4 rings (SSSR count). The molecule has 1 atom stereocenters. The number of nitrogens with zero attached hydrogens (tertiary/aromatic N) is 2. The molecule has 31 heavy (non-hydrogen) atoms. The van der Waals surface area contributed by atoms with E-state index in [4.69, 9.17) is 14.5 Å². The number of esters is 1. The minimum absolute atomic E-state index is 0.0189. The second-order valence-corrected chi connectivity index (χ2v) is 9.30. The van der Waals surface area contributed by atoms with Crippen LogP contribution in [0.15, 0.2) is 29.1 Å². The Bertz CT molecular complexity index is 1150. The van der Waals surface area contributed by atoms with E-state index in [9.17, 15) is 9.59 Å². The fourth-order valence-corrected chi connectivity index (χ4v) is 5.63. The van der Waals surface area contributed by atoms with Crippen LogP contribution in [-0.2, 0) is 35.3 Å². The summed E-state index contributed by atoms with van der Waals surface area (Å²) in [4.78, 5) is 32.3. The number of ether oxygens (including phenoxy) is 2. The molecule has 164 valence electrons. The Morgan fingerprint density at radius 1 is 1.26 bits per heavy atom. The zero-order chi connectivity index (χ0) is 22.0. The summed E-state index contributed by atoms with van der Waals surface area (Å²) < 4.78 is 11.8. The quantitative estimate of drug-likeness (QED) is 0.517. The molecule has 1 aromatic carbocycles. The topological polar surface area (TPSA) is 70.4 Å². The predicted octanol–water partition coefficient (Wildman–Crippen LogP) is 4.14. The maximum atomic E-state index is 13.6. The largest absolute Gasteiger partial charge is 0.497 e. The summed E-state index contributed by atoms with van der Waals surface area (Å²) in [7, 11) is 3.03. The molecule has 2 heterocycles. The van der Waals surface area contributed by atoms with Crippen molar-refractivity contribution in [2.75, 3.05) is 14.2 Å². The van der Waals surface area contributed by atoms with Gasteiger partial charge in [-0.1, -0.05) is 19.1 Å². The van der Waals surface area contributed by atoms with Crippen LogP contribution in [0.1, 0.15) is 48.0 Å². The van der Waals surface area contributed by atoms with Gasteiger partial charge in [-0.2, -0.15) is 0 Å². The van der Waals surface area contributed by atoms with Crippen LogP contribution in [-0.4, -0.2) is 29.7 Å². The SMILES string of the molecule is COC(=O)CCCn1c(Cc2ccc(OC)cc2)nc2sc3c(c2c1=O)CCC(C)C3. The maximum absolute atomic E-state index is 13.6. The number of hydrogen-bond donors (Lipinski definition) is 0. The average Bonchev–Trinajstić information content (AvgIpc) is 3.13. The van der Waals surface area contributed by atoms with Crippen molar-refractivity contribution in [1.29, 1.82) is 0 Å². The van der Waals surface area contributed by atoms with Crippen LogP contribution in [0.3, 0.4) is 0 Å². The molecule has 7 heteroatoms. The zero-order valence-electron chi connectivity index (χ0n) is 18.3. The molecule has 0 fully saturated rings. The number of aromatic nitrogens is 2. The monoisotopic (exact) mass is 440 g/mol. The number of fused-ring (bicyclic) bond motifs is 3. The van der Waals surface area contributed by atoms with E-state index < -0.39 is 0 Å². The highest BCUT2D eigenvalue weighted by Gasteiger charge is 2.24. The molecule has 6 nitrogen and oxygen atoms in total. The molecular formula is C24H28N2O4S. The Morgan fingerprint density at radius 2 is 2.03 bits per heavy atom. The van der Waals surface area contributed by atoms with Crippen LogP contribution in [0.4, 0.5) is 0 Å². The highest BCUT2D eigenvalue weighted by Crippen LogP contribution is 2.36. The normalized spacial score (nSPS) is 15.6. The van der Waals surface area contributed by atoms with Gasteiger partial charge < -0.3 is 9.47 Å². The van der Waals surface area contributed by atoms with Gasteiger partial charge in [0.2, 0.25) is 0 Å². The van der Waals surface area contributed by atoms with Crippen LogP contribution in [0.5, 0.6) is 5.75 Å². The third kappa shape index (κ3) is 4.51. The van der Waals surface area contributed by atoms with Crippen molar-refractivity contribution in [1.82, 2.24) is 9.55 Å². The van der Waals surface area contributed by atoms with Crippen molar-refractivity contribution in [3.63, 3.8) is 0 Å². The lowest BCUT2D eigenvalue weighted by Gasteiger charge is -2.18. The van der Waals surface area contributed by atoms with Gasteiger partial charge in [-0.25, -0.2) is 4.98 Å². The van der Waals surface area contributed by atoms with Crippen molar-refractivity contribution in [2.24, 2.45) is 5.92 Å². The van der Waals surface area contributed by atoms with Crippen LogP contribution in [0.25, 0.3) is 10.2 Å². The van der Waals surface area contributed by atoms with Gasteiger partial charge in [0.1, 0.15) is 16.4 Å². The fourth-order valence-electron chi connectivity index (χ4n) is 4.24. The lowest BCUT2D eigenvalue weighted by molar-refractivity contribution is -0.140. The van der Waals surface area contributed by atoms with Gasteiger partial charge in [0.25, 0.3) is 5.56 Å². The van der Waals surface area contributed by atoms with E-state index in [1.807, 2.05) is 24.3 Å². The number of methoxy groups -OCH3 is 2. The van der Waals surface area contributed by atoms with Crippen molar-refractivity contribution >= 4 is 27.5 Å². The number of benzene rings is 1. The smallest absolute Gasteiger partial charge is 0.305 e. The molecule has 0 spiro atoms. The molecule has 1 unspecified atom stereocenters. The molecule has 0 saturated heterocycles. The average molecular weight is 441 g/mol. The van der Waals surface area contributed by atoms with Crippen LogP contribution >= 0.6 is 11.3 Å². The summed E-state index contributed by atoms with van der Waals surface area (Å²) in [6.07, 6.45) is 4.43. The molecule has 1 aliphatic rings. The summed E-state index contributed by atoms with van der Waals surface area (Å²) in [5, 5.41) is 0.781. The second-order valence-electron chi connectivity index (χ2n) is 8.22. The Kier molecular flexibility index (Phi) is 6.41. The van der Waals surface area contributed by atoms with Gasteiger partial charge in [0.15, 0.2) is 0 Å². The number of carbonyl (C=O) groups is 1. The van der Waals surface area contributed by atoms with E-state index >= 15 is 0 Å². The van der Waals surface area contributed by atoms with E-state index in [0.717, 1.165) is 46.6 Å². The number of aryl methyl sites for hydroxylation is 1. The molecule has 0 bridgehead atoms. The number of hydrogen-bond acceptors (Lipinski definition) is 6. The van der Waals surface area contributed by atoms with Gasteiger partial charge in [-0.15, -0.1) is 11.3 Å². The molecule has 1 aliphatic carbocycles. The summed E-state index contributed by atoms with van der Waals surface area (Å²) in [5.74, 6) is 1.91. The summed E-state index contributed by atoms with van der Waals surface area (Å²) in [6.45, 7) is 2.71. The van der Waals surface area contributed by atoms with E-state index in [2.05, 4.69) is 6.92 Å². The summed E-state index contributed by atoms with van der Waals surface area (Å²) in [6, 6.07) is 7.82. The Labute approximate surface area is 185 Å². The van der Waals surface area contributed by atoms with Crippen molar-refractivity contribution in [2.45, 2.75) is 52.0 Å². The van der Waals surface area contributed by atoms with Gasteiger partial charge in [0, 0.05) is 24.3 Å². The minimum atomic E-state index is -0.263. The summed E-state index contributed by atoms with van der Waals surface area (Å²) >= 11 is 1.67. The first-order valence-electron chi connectivity index (χ1n) is 10.7. The molecular weight excluding hydrogens is 412 g/mol. The Hall–Kier alpha value is -2.67. The fraction of sp³-hybridized carbons (Fsp3) is 0.458. The molecule has 0 amide bonds. The molecule has 0 radical (unpaired) electrons. The van der Waals surface area contributed by atoms with Crippen LogP contribution in [0.2, 0.25) is 0 Å². The molecule has 0 N–H and O–H groups in total. The molecule has 0 aliphatic heterocycles. The van der Waals surface area contributed by atoms with Crippen molar-refractivity contribution in [3.05, 3.63) is 56.4 Å². The lowest BCUT2D eigenvalue weighted by atomic mass is 9.89. The first-order chi connectivity index (χ1) is 15.0. The van der Waals surface area contributed by atoms with Crippen molar-refractivity contribution < 1.29 is 14.3 Å². The summed E-state index contributed by atoms with van der Waals surface area (Å²) in [5.41, 5.74) is 2.27. The van der Waals surface area contributed by atoms with E-state index in [-0.39, 0.29) is 17.9 Å². The molecule has 2 aromatic heterocycles. The zero-order valence-corrected chi connectivity index (χ0v) is 19.1. The van der Waals surface area contributed by atoms with E-state index in [1.165, 1.54) is 17.6 Å². The van der Waals surface area contributed by atoms with Crippen LogP contribution < -0.4 is 10.3 Å². The highest BCUT2D eigenvalue weighted by molar-refractivity contribution is 7.18. The van der Waals surface area contributed by atoms with Gasteiger partial charge in [-0.05, 0) is 54.9 Å². The van der Waals surface area contributed by atoms with E-state index in [1.54, 1.807) is 23.0 Å². The standard InChI is InChI=1S/C24H28N2O4S/c1-15-6-11-18-19(13-15)31-23-22(18)24(28)26(12-4-5-21(27)30-3)20(25-23)14-16-7-9-17(29-2)10-8-16/h7-10,15H,4-6,11-14H2,1-3H3. The first kappa shape index (κ1) is 21.6. The second kappa shape index (κ2) is 9.22. The predicted molar refractivity (Wildman–Crippen MR) is 122 cm³/mol. The highest BCUT2D eigenvalue weighted by atomic mass is 32.1.